The first-order valence-electron chi connectivity index (χ1n) is 2.17. The molecule has 40 valence electrons. The lowest BCUT2D eigenvalue weighted by atomic mass is 10.9. The van der Waals surface area contributed by atoms with Crippen LogP contribution in [0.4, 0.5) is 0 Å². The first kappa shape index (κ1) is 5.51. The zero-order valence-corrected chi connectivity index (χ0v) is 5.57. The third-order valence-corrected chi connectivity index (χ3v) is 3.06. The van der Waals surface area contributed by atoms with Gasteiger partial charge in [0.1, 0.15) is 0 Å². The maximum Gasteiger partial charge on any atom is 0.0741 e. The van der Waals surface area contributed by atoms with Crippen LogP contribution >= 0.6 is 23.5 Å². The summed E-state index contributed by atoms with van der Waals surface area (Å²) >= 11 is 3.54. The lowest BCUT2D eigenvalue weighted by Crippen LogP contribution is -2.04. The SMILES string of the molecule is N=C1CSCCS1. The first-order valence-corrected chi connectivity index (χ1v) is 4.31. The van der Waals surface area contributed by atoms with E-state index in [1.165, 1.54) is 5.75 Å². The average Bonchev–Trinajstić information content (AvgIpc) is 1.69. The van der Waals surface area contributed by atoms with Gasteiger partial charge in [-0.1, -0.05) is 0 Å². The van der Waals surface area contributed by atoms with Crippen LogP contribution in [-0.4, -0.2) is 22.3 Å². The predicted octanol–water partition coefficient (Wildman–Crippen LogP) is 1.44. The lowest BCUT2D eigenvalue weighted by Gasteiger charge is -2.07. The molecule has 1 nitrogen and oxygen atoms in total. The maximum absolute atomic E-state index is 7.13. The molecule has 0 aromatic carbocycles. The smallest absolute Gasteiger partial charge is 0.0741 e. The van der Waals surface area contributed by atoms with Crippen LogP contribution in [0.25, 0.3) is 0 Å². The van der Waals surface area contributed by atoms with Gasteiger partial charge in [0.2, 0.25) is 0 Å². The summed E-state index contributed by atoms with van der Waals surface area (Å²) in [6.07, 6.45) is 0. The van der Waals surface area contributed by atoms with Crippen LogP contribution in [0.1, 0.15) is 0 Å². The largest absolute Gasteiger partial charge is 0.298 e. The Bertz CT molecular complexity index is 73.8. The standard InChI is InChI=1S/C4H7NS2/c5-4-3-6-1-2-7-4/h5H,1-3H2. The van der Waals surface area contributed by atoms with Crippen molar-refractivity contribution in [1.82, 2.24) is 0 Å². The monoisotopic (exact) mass is 133 g/mol. The Morgan fingerprint density at radius 1 is 1.43 bits per heavy atom. The Balaban J connectivity index is 2.25. The number of thioether (sulfide) groups is 2. The van der Waals surface area contributed by atoms with Crippen LogP contribution in [0.5, 0.6) is 0 Å². The van der Waals surface area contributed by atoms with Gasteiger partial charge in [0, 0.05) is 17.3 Å². The van der Waals surface area contributed by atoms with Crippen molar-refractivity contribution in [2.24, 2.45) is 0 Å². The zero-order valence-electron chi connectivity index (χ0n) is 3.94. The summed E-state index contributed by atoms with van der Waals surface area (Å²) < 4.78 is 0. The van der Waals surface area contributed by atoms with Gasteiger partial charge in [-0.3, -0.25) is 5.41 Å². The Hall–Kier alpha value is 0.370. The number of hydrogen-bond acceptors (Lipinski definition) is 3. The predicted molar refractivity (Wildman–Crippen MR) is 37.5 cm³/mol. The lowest BCUT2D eigenvalue weighted by molar-refractivity contribution is 1.49. The highest BCUT2D eigenvalue weighted by atomic mass is 32.2. The van der Waals surface area contributed by atoms with E-state index in [0.717, 1.165) is 16.5 Å². The molecule has 1 aliphatic rings. The molecule has 0 aromatic heterocycles. The fourth-order valence-electron chi connectivity index (χ4n) is 0.430. The van der Waals surface area contributed by atoms with E-state index in [4.69, 9.17) is 5.41 Å². The quantitative estimate of drug-likeness (QED) is 0.540. The molecule has 1 saturated heterocycles. The molecule has 1 rings (SSSR count). The third kappa shape index (κ3) is 1.74. The summed E-state index contributed by atoms with van der Waals surface area (Å²) in [5.74, 6) is 3.32. The number of nitrogens with one attached hydrogen (secondary N) is 1. The van der Waals surface area contributed by atoms with Crippen LogP contribution in [0.15, 0.2) is 0 Å². The minimum absolute atomic E-state index is 0.844. The molecule has 0 atom stereocenters. The highest BCUT2D eigenvalue weighted by Gasteiger charge is 2.03. The molecule has 0 saturated carbocycles. The third-order valence-electron chi connectivity index (χ3n) is 0.737. The molecule has 1 N–H and O–H groups in total. The van der Waals surface area contributed by atoms with Crippen molar-refractivity contribution in [3.63, 3.8) is 0 Å². The summed E-state index contributed by atoms with van der Waals surface area (Å²) in [5, 5.41) is 7.97. The van der Waals surface area contributed by atoms with Gasteiger partial charge in [0.05, 0.1) is 5.04 Å². The minimum Gasteiger partial charge on any atom is -0.298 e. The molecular weight excluding hydrogens is 126 g/mol. The van der Waals surface area contributed by atoms with Gasteiger partial charge in [0.15, 0.2) is 0 Å². The Morgan fingerprint density at radius 3 is 2.57 bits per heavy atom. The summed E-state index contributed by atoms with van der Waals surface area (Å²) in [7, 11) is 0. The topological polar surface area (TPSA) is 23.9 Å². The van der Waals surface area contributed by atoms with Crippen LogP contribution in [0.3, 0.4) is 0 Å². The highest BCUT2D eigenvalue weighted by molar-refractivity contribution is 8.18. The van der Waals surface area contributed by atoms with Gasteiger partial charge >= 0.3 is 0 Å². The first-order chi connectivity index (χ1) is 3.39. The molecule has 1 fully saturated rings. The molecular formula is C4H7NS2. The van der Waals surface area contributed by atoms with Crippen molar-refractivity contribution >= 4 is 28.6 Å². The fourth-order valence-corrected chi connectivity index (χ4v) is 2.39. The second-order valence-electron chi connectivity index (χ2n) is 1.32. The maximum atomic E-state index is 7.13. The molecule has 0 unspecified atom stereocenters. The van der Waals surface area contributed by atoms with Crippen molar-refractivity contribution in [3.05, 3.63) is 0 Å². The minimum atomic E-state index is 0.844. The van der Waals surface area contributed by atoms with Crippen molar-refractivity contribution in [1.29, 1.82) is 5.41 Å². The van der Waals surface area contributed by atoms with E-state index >= 15 is 0 Å². The zero-order chi connectivity index (χ0) is 5.11. The van der Waals surface area contributed by atoms with Gasteiger partial charge in [-0.15, -0.1) is 11.8 Å². The number of rotatable bonds is 0. The molecule has 0 aliphatic carbocycles. The molecule has 0 spiro atoms. The summed E-state index contributed by atoms with van der Waals surface area (Å²) in [4.78, 5) is 0. The number of hydrogen-bond donors (Lipinski definition) is 1. The van der Waals surface area contributed by atoms with E-state index in [1.807, 2.05) is 11.8 Å². The second kappa shape index (κ2) is 2.62. The van der Waals surface area contributed by atoms with E-state index in [2.05, 4.69) is 0 Å². The van der Waals surface area contributed by atoms with Crippen molar-refractivity contribution in [2.75, 3.05) is 17.3 Å². The van der Waals surface area contributed by atoms with Crippen LogP contribution < -0.4 is 0 Å². The fraction of sp³-hybridized carbons (Fsp3) is 0.750. The Morgan fingerprint density at radius 2 is 2.29 bits per heavy atom. The average molecular weight is 133 g/mol. The molecule has 0 bridgehead atoms. The van der Waals surface area contributed by atoms with E-state index in [-0.39, 0.29) is 0 Å². The molecule has 3 heteroatoms. The normalized spacial score (nSPS) is 22.6. The molecule has 0 amide bonds. The Labute approximate surface area is 51.8 Å². The van der Waals surface area contributed by atoms with E-state index in [1.54, 1.807) is 11.8 Å². The van der Waals surface area contributed by atoms with Crippen molar-refractivity contribution < 1.29 is 0 Å². The van der Waals surface area contributed by atoms with Crippen LogP contribution in [0.2, 0.25) is 0 Å². The van der Waals surface area contributed by atoms with E-state index in [0.29, 0.717) is 0 Å². The molecule has 1 aliphatic heterocycles. The van der Waals surface area contributed by atoms with E-state index in [9.17, 15) is 0 Å². The van der Waals surface area contributed by atoms with Gasteiger partial charge in [-0.2, -0.15) is 11.8 Å². The highest BCUT2D eigenvalue weighted by Crippen LogP contribution is 2.17. The summed E-state index contributed by atoms with van der Waals surface area (Å²) in [5.41, 5.74) is 0. The second-order valence-corrected chi connectivity index (χ2v) is 3.62. The van der Waals surface area contributed by atoms with Crippen LogP contribution in [-0.2, 0) is 0 Å². The summed E-state index contributed by atoms with van der Waals surface area (Å²) in [6.45, 7) is 0. The summed E-state index contributed by atoms with van der Waals surface area (Å²) in [6, 6.07) is 0. The Kier molecular flexibility index (Phi) is 2.06. The molecule has 1 heterocycles. The van der Waals surface area contributed by atoms with Crippen molar-refractivity contribution in [3.8, 4) is 0 Å². The van der Waals surface area contributed by atoms with Crippen LogP contribution in [0, 0.1) is 5.41 Å². The molecule has 7 heavy (non-hydrogen) atoms. The van der Waals surface area contributed by atoms with Gasteiger partial charge in [0.25, 0.3) is 0 Å². The molecule has 0 radical (unpaired) electrons. The van der Waals surface area contributed by atoms with Gasteiger partial charge in [-0.25, -0.2) is 0 Å². The van der Waals surface area contributed by atoms with Gasteiger partial charge in [-0.05, 0) is 0 Å². The van der Waals surface area contributed by atoms with Crippen molar-refractivity contribution in [2.45, 2.75) is 0 Å². The van der Waals surface area contributed by atoms with E-state index < -0.39 is 0 Å². The molecule has 0 aromatic rings. The van der Waals surface area contributed by atoms with Gasteiger partial charge < -0.3 is 0 Å².